The lowest BCUT2D eigenvalue weighted by molar-refractivity contribution is -0.271. The molecule has 1 aromatic carbocycles. The van der Waals surface area contributed by atoms with Gasteiger partial charge in [-0.25, -0.2) is 0 Å². The molecular formula is C25H30F6O. The van der Waals surface area contributed by atoms with Gasteiger partial charge in [0.1, 0.15) is 5.57 Å². The smallest absolute Gasteiger partial charge is 0.313 e. The molecular weight excluding hydrogens is 430 g/mol. The monoisotopic (exact) mass is 460 g/mol. The molecule has 0 saturated heterocycles. The fourth-order valence-corrected chi connectivity index (χ4v) is 4.63. The van der Waals surface area contributed by atoms with Crippen LogP contribution < -0.4 is 0 Å². The lowest BCUT2D eigenvalue weighted by Gasteiger charge is -2.38. The lowest BCUT2D eigenvalue weighted by Crippen LogP contribution is -2.50. The Morgan fingerprint density at radius 3 is 2.06 bits per heavy atom. The Kier molecular flexibility index (Phi) is 7.48. The Hall–Kier alpha value is -1.76. The Morgan fingerprint density at radius 1 is 0.875 bits per heavy atom. The molecule has 0 radical (unpaired) electrons. The normalized spacial score (nSPS) is 25.2. The standard InChI is InChI=1S/C25H30F6O/c1-3-5-17-7-11-19(12-8-17)21-15-16-22(24(28,29)23(21,26)27)25(30,31)32-20-13-9-18(6-4-2)10-14-20/h7-8,11-12,15-16,18,20H,3-6,9-10,13-14H2,1-2H3. The summed E-state index contributed by atoms with van der Waals surface area (Å²) in [6.45, 7) is 3.99. The molecule has 2 aliphatic rings. The Morgan fingerprint density at radius 2 is 1.50 bits per heavy atom. The maximum absolute atomic E-state index is 14.8. The van der Waals surface area contributed by atoms with Crippen LogP contribution in [0.5, 0.6) is 0 Å². The first-order chi connectivity index (χ1) is 15.0. The van der Waals surface area contributed by atoms with Crippen LogP contribution in [0.2, 0.25) is 0 Å². The van der Waals surface area contributed by atoms with Crippen molar-refractivity contribution in [1.82, 2.24) is 0 Å². The van der Waals surface area contributed by atoms with Crippen LogP contribution in [0.3, 0.4) is 0 Å². The van der Waals surface area contributed by atoms with Crippen LogP contribution in [0.25, 0.3) is 5.57 Å². The van der Waals surface area contributed by atoms with Gasteiger partial charge >= 0.3 is 18.0 Å². The van der Waals surface area contributed by atoms with Crippen molar-refractivity contribution in [3.63, 3.8) is 0 Å². The molecule has 7 heteroatoms. The van der Waals surface area contributed by atoms with Gasteiger partial charge in [0.2, 0.25) is 0 Å². The van der Waals surface area contributed by atoms with Crippen LogP contribution in [0.4, 0.5) is 26.3 Å². The summed E-state index contributed by atoms with van der Waals surface area (Å²) in [4.78, 5) is 0. The fourth-order valence-electron chi connectivity index (χ4n) is 4.63. The molecule has 0 amide bonds. The summed E-state index contributed by atoms with van der Waals surface area (Å²) in [6, 6.07) is 5.81. The molecule has 0 spiro atoms. The molecule has 0 aromatic heterocycles. The zero-order chi connectivity index (χ0) is 23.6. The number of alkyl halides is 6. The van der Waals surface area contributed by atoms with Crippen LogP contribution in [0.15, 0.2) is 42.0 Å². The number of ether oxygens (including phenoxy) is 1. The van der Waals surface area contributed by atoms with Crippen molar-refractivity contribution in [2.45, 2.75) is 89.3 Å². The molecule has 1 saturated carbocycles. The molecule has 0 heterocycles. The van der Waals surface area contributed by atoms with Crippen LogP contribution in [0, 0.1) is 5.92 Å². The summed E-state index contributed by atoms with van der Waals surface area (Å²) in [5.74, 6) is -9.47. The number of hydrogen-bond donors (Lipinski definition) is 0. The first kappa shape index (κ1) is 24.9. The maximum atomic E-state index is 14.8. The van der Waals surface area contributed by atoms with E-state index in [9.17, 15) is 26.3 Å². The molecule has 0 N–H and O–H groups in total. The topological polar surface area (TPSA) is 9.23 Å². The summed E-state index contributed by atoms with van der Waals surface area (Å²) in [5.41, 5.74) is -2.21. The minimum atomic E-state index is -5.08. The second-order valence-corrected chi connectivity index (χ2v) is 8.82. The van der Waals surface area contributed by atoms with E-state index in [4.69, 9.17) is 4.74 Å². The van der Waals surface area contributed by atoms with E-state index in [1.54, 1.807) is 12.1 Å². The van der Waals surface area contributed by atoms with Gasteiger partial charge in [0.05, 0.1) is 6.10 Å². The zero-order valence-electron chi connectivity index (χ0n) is 18.5. The number of halogens is 6. The molecule has 2 aliphatic carbocycles. The second kappa shape index (κ2) is 9.62. The molecule has 1 aromatic rings. The molecule has 0 unspecified atom stereocenters. The van der Waals surface area contributed by atoms with Gasteiger partial charge in [-0.1, -0.05) is 63.5 Å². The average molecular weight is 461 g/mol. The van der Waals surface area contributed by atoms with Crippen molar-refractivity contribution >= 4 is 5.57 Å². The van der Waals surface area contributed by atoms with Crippen molar-refractivity contribution in [1.29, 1.82) is 0 Å². The van der Waals surface area contributed by atoms with Crippen molar-refractivity contribution in [2.24, 2.45) is 5.92 Å². The second-order valence-electron chi connectivity index (χ2n) is 8.82. The molecule has 1 nitrogen and oxygen atoms in total. The van der Waals surface area contributed by atoms with E-state index >= 15 is 0 Å². The predicted octanol–water partition coefficient (Wildman–Crippen LogP) is 8.20. The number of rotatable bonds is 8. The van der Waals surface area contributed by atoms with E-state index in [-0.39, 0.29) is 5.56 Å². The van der Waals surface area contributed by atoms with E-state index in [1.165, 1.54) is 12.1 Å². The van der Waals surface area contributed by atoms with E-state index in [0.717, 1.165) is 31.2 Å². The van der Waals surface area contributed by atoms with E-state index in [2.05, 4.69) is 0 Å². The van der Waals surface area contributed by atoms with E-state index in [0.29, 0.717) is 43.8 Å². The molecule has 32 heavy (non-hydrogen) atoms. The van der Waals surface area contributed by atoms with Crippen molar-refractivity contribution in [2.75, 3.05) is 0 Å². The van der Waals surface area contributed by atoms with Crippen LogP contribution in [-0.2, 0) is 11.2 Å². The van der Waals surface area contributed by atoms with Crippen molar-refractivity contribution in [3.05, 3.63) is 53.1 Å². The van der Waals surface area contributed by atoms with Gasteiger partial charge in [-0.05, 0) is 55.2 Å². The predicted molar refractivity (Wildman–Crippen MR) is 113 cm³/mol. The third kappa shape index (κ3) is 4.92. The molecule has 3 rings (SSSR count). The largest absolute Gasteiger partial charge is 0.385 e. The first-order valence-corrected chi connectivity index (χ1v) is 11.4. The van der Waals surface area contributed by atoms with Gasteiger partial charge in [-0.15, -0.1) is 0 Å². The van der Waals surface area contributed by atoms with E-state index < -0.39 is 35.2 Å². The Bertz CT molecular complexity index is 832. The highest BCUT2D eigenvalue weighted by molar-refractivity contribution is 5.76. The van der Waals surface area contributed by atoms with Crippen molar-refractivity contribution in [3.8, 4) is 0 Å². The number of benzene rings is 1. The number of aryl methyl sites for hydroxylation is 1. The highest BCUT2D eigenvalue weighted by atomic mass is 19.3. The van der Waals surface area contributed by atoms with Crippen molar-refractivity contribution < 1.29 is 31.1 Å². The molecule has 178 valence electrons. The van der Waals surface area contributed by atoms with Crippen LogP contribution in [-0.4, -0.2) is 24.1 Å². The number of hydrogen-bond acceptors (Lipinski definition) is 1. The third-order valence-electron chi connectivity index (χ3n) is 6.41. The van der Waals surface area contributed by atoms with E-state index in [1.807, 2.05) is 13.8 Å². The zero-order valence-corrected chi connectivity index (χ0v) is 18.5. The van der Waals surface area contributed by atoms with Crippen LogP contribution >= 0.6 is 0 Å². The molecule has 0 bridgehead atoms. The highest BCUT2D eigenvalue weighted by Gasteiger charge is 2.68. The van der Waals surface area contributed by atoms with Gasteiger partial charge in [0.15, 0.2) is 0 Å². The summed E-state index contributed by atoms with van der Waals surface area (Å²) in [5, 5.41) is 0. The fraction of sp³-hybridized carbons (Fsp3) is 0.600. The van der Waals surface area contributed by atoms with Crippen LogP contribution in [0.1, 0.15) is 69.9 Å². The minimum Gasteiger partial charge on any atom is -0.313 e. The molecule has 0 aliphatic heterocycles. The lowest BCUT2D eigenvalue weighted by atomic mass is 9.84. The van der Waals surface area contributed by atoms with Gasteiger partial charge in [-0.3, -0.25) is 0 Å². The maximum Gasteiger partial charge on any atom is 0.385 e. The van der Waals surface area contributed by atoms with Gasteiger partial charge in [0.25, 0.3) is 0 Å². The molecule has 0 atom stereocenters. The van der Waals surface area contributed by atoms with Gasteiger partial charge in [0, 0.05) is 5.57 Å². The summed E-state index contributed by atoms with van der Waals surface area (Å²) in [6.07, 6.45) is 1.12. The highest BCUT2D eigenvalue weighted by Crippen LogP contribution is 2.54. The van der Waals surface area contributed by atoms with Gasteiger partial charge in [-0.2, -0.15) is 26.3 Å². The Balaban J connectivity index is 1.83. The number of allylic oxidation sites excluding steroid dienone is 3. The summed E-state index contributed by atoms with van der Waals surface area (Å²) in [7, 11) is 0. The first-order valence-electron chi connectivity index (χ1n) is 11.4. The minimum absolute atomic E-state index is 0.122. The summed E-state index contributed by atoms with van der Waals surface area (Å²) >= 11 is 0. The third-order valence-corrected chi connectivity index (χ3v) is 6.41. The molecule has 1 fully saturated rings. The Labute approximate surface area is 185 Å². The van der Waals surface area contributed by atoms with Gasteiger partial charge < -0.3 is 4.74 Å². The summed E-state index contributed by atoms with van der Waals surface area (Å²) < 4.78 is 93.3. The average Bonchev–Trinajstić information content (AvgIpc) is 2.72. The quantitative estimate of drug-likeness (QED) is 0.355. The SMILES string of the molecule is CCCc1ccc(C2=CC=C(C(F)(F)OC3CCC(CCC)CC3)C(F)(F)C2(F)F)cc1.